The van der Waals surface area contributed by atoms with Crippen LogP contribution in [0.3, 0.4) is 0 Å². The van der Waals surface area contributed by atoms with Crippen LogP contribution in [-0.2, 0) is 19.8 Å². The zero-order valence-electron chi connectivity index (χ0n) is 11.7. The van der Waals surface area contributed by atoms with Crippen LogP contribution >= 0.6 is 0 Å². The van der Waals surface area contributed by atoms with E-state index in [9.17, 15) is 8.42 Å². The molecule has 2 fully saturated rings. The van der Waals surface area contributed by atoms with Gasteiger partial charge in [0.05, 0.1) is 4.90 Å². The van der Waals surface area contributed by atoms with Crippen LogP contribution in [0.1, 0.15) is 5.56 Å². The first-order chi connectivity index (χ1) is 10.1. The number of sulfonamides is 1. The minimum Gasteiger partial charge on any atom is -0.228 e. The van der Waals surface area contributed by atoms with E-state index >= 15 is 0 Å². The molecule has 0 aromatic heterocycles. The molecule has 0 amide bonds. The maximum absolute atomic E-state index is 12.7. The molecule has 5 rings (SSSR count). The Labute approximate surface area is 124 Å². The number of hydrogen-bond acceptors (Lipinski definition) is 4. The van der Waals surface area contributed by atoms with Crippen LogP contribution in [0, 0.1) is 18.8 Å². The van der Waals surface area contributed by atoms with Gasteiger partial charge in [0, 0.05) is 24.9 Å². The Morgan fingerprint density at radius 3 is 2.00 bits per heavy atom. The summed E-state index contributed by atoms with van der Waals surface area (Å²) in [6, 6.07) is 7.00. The second kappa shape index (κ2) is 4.64. The van der Waals surface area contributed by atoms with Crippen molar-refractivity contribution in [1.82, 2.24) is 4.31 Å². The van der Waals surface area contributed by atoms with Crippen LogP contribution in [0.15, 0.2) is 41.3 Å². The van der Waals surface area contributed by atoms with E-state index in [2.05, 4.69) is 0 Å². The van der Waals surface area contributed by atoms with E-state index in [4.69, 9.17) is 9.78 Å². The summed E-state index contributed by atoms with van der Waals surface area (Å²) in [5, 5.41) is 0. The molecule has 0 unspecified atom stereocenters. The van der Waals surface area contributed by atoms with Crippen molar-refractivity contribution in [2.75, 3.05) is 13.1 Å². The van der Waals surface area contributed by atoms with Gasteiger partial charge in [-0.1, -0.05) is 29.8 Å². The number of nitrogens with zero attached hydrogens (tertiary/aromatic N) is 1. The topological polar surface area (TPSA) is 55.8 Å². The lowest BCUT2D eigenvalue weighted by atomic mass is 9.81. The molecule has 0 spiro atoms. The third-order valence-electron chi connectivity index (χ3n) is 4.65. The largest absolute Gasteiger partial charge is 0.243 e. The summed E-state index contributed by atoms with van der Waals surface area (Å²) in [5.41, 5.74) is 1.05. The average Bonchev–Trinajstić information content (AvgIpc) is 2.97. The molecular formula is C15H17NO4S. The first kappa shape index (κ1) is 13.5. The predicted molar refractivity (Wildman–Crippen MR) is 75.8 cm³/mol. The van der Waals surface area contributed by atoms with Gasteiger partial charge in [0.25, 0.3) is 0 Å². The number of benzene rings is 1. The lowest BCUT2D eigenvalue weighted by Gasteiger charge is -2.38. The molecule has 2 bridgehead atoms. The highest BCUT2D eigenvalue weighted by Gasteiger charge is 2.51. The second-order valence-electron chi connectivity index (χ2n) is 5.97. The van der Waals surface area contributed by atoms with Crippen molar-refractivity contribution in [1.29, 1.82) is 0 Å². The Kier molecular flexibility index (Phi) is 2.97. The number of aryl methyl sites for hydroxylation is 1. The standard InChI is InChI=1S/C15H17NO4S/c1-10-2-4-11(5-3-10)21(17,18)16-8-12-13(9-16)15-7-6-14(12)19-20-15/h2-7,12-15H,8-9H2,1H3/t12-,13+,14-,15+. The van der Waals surface area contributed by atoms with Gasteiger partial charge < -0.3 is 0 Å². The van der Waals surface area contributed by atoms with Gasteiger partial charge in [0.2, 0.25) is 10.0 Å². The van der Waals surface area contributed by atoms with Crippen LogP contribution in [-0.4, -0.2) is 38.0 Å². The Morgan fingerprint density at radius 2 is 1.52 bits per heavy atom. The molecule has 0 saturated carbocycles. The second-order valence-corrected chi connectivity index (χ2v) is 7.91. The zero-order chi connectivity index (χ0) is 14.6. The van der Waals surface area contributed by atoms with Crippen LogP contribution in [0.25, 0.3) is 0 Å². The van der Waals surface area contributed by atoms with Gasteiger partial charge >= 0.3 is 0 Å². The molecule has 1 aromatic carbocycles. The molecule has 4 atom stereocenters. The van der Waals surface area contributed by atoms with Crippen molar-refractivity contribution in [3.63, 3.8) is 0 Å². The SMILES string of the molecule is Cc1ccc(S(=O)(=O)N2C[C@@H]3[C@H](C2)[C@@H]2C=C[C@H]3OO2)cc1. The van der Waals surface area contributed by atoms with E-state index < -0.39 is 10.0 Å². The van der Waals surface area contributed by atoms with Crippen LogP contribution in [0.4, 0.5) is 0 Å². The highest BCUT2D eigenvalue weighted by molar-refractivity contribution is 7.89. The number of hydrogen-bond donors (Lipinski definition) is 0. The normalized spacial score (nSPS) is 35.1. The third-order valence-corrected chi connectivity index (χ3v) is 6.50. The summed E-state index contributed by atoms with van der Waals surface area (Å²) in [4.78, 5) is 10.9. The highest BCUT2D eigenvalue weighted by atomic mass is 32.2. The summed E-state index contributed by atoms with van der Waals surface area (Å²) >= 11 is 0. The van der Waals surface area contributed by atoms with E-state index in [-0.39, 0.29) is 24.0 Å². The Hall–Kier alpha value is -1.21. The summed E-state index contributed by atoms with van der Waals surface area (Å²) in [6.45, 7) is 2.93. The van der Waals surface area contributed by atoms with E-state index in [0.717, 1.165) is 5.56 Å². The first-order valence-electron chi connectivity index (χ1n) is 7.13. The summed E-state index contributed by atoms with van der Waals surface area (Å²) < 4.78 is 27.1. The molecule has 3 heterocycles. The molecule has 4 aliphatic rings. The van der Waals surface area contributed by atoms with Gasteiger partial charge in [-0.25, -0.2) is 18.2 Å². The van der Waals surface area contributed by atoms with Gasteiger partial charge in [-0.2, -0.15) is 4.31 Å². The third kappa shape index (κ3) is 2.05. The quantitative estimate of drug-likeness (QED) is 0.614. The minimum atomic E-state index is -3.44. The maximum atomic E-state index is 12.7. The lowest BCUT2D eigenvalue weighted by Crippen LogP contribution is -2.45. The van der Waals surface area contributed by atoms with Gasteiger partial charge in [0.15, 0.2) is 0 Å². The van der Waals surface area contributed by atoms with Crippen molar-refractivity contribution in [3.8, 4) is 0 Å². The highest BCUT2D eigenvalue weighted by Crippen LogP contribution is 2.41. The Morgan fingerprint density at radius 1 is 1.00 bits per heavy atom. The molecule has 6 heteroatoms. The molecule has 0 radical (unpaired) electrons. The van der Waals surface area contributed by atoms with Crippen molar-refractivity contribution in [3.05, 3.63) is 42.0 Å². The Balaban J connectivity index is 1.62. The number of fused-ring (bicyclic) bond motifs is 1. The zero-order valence-corrected chi connectivity index (χ0v) is 12.5. The van der Waals surface area contributed by atoms with E-state index in [1.165, 1.54) is 0 Å². The predicted octanol–water partition coefficient (Wildman–Crippen LogP) is 1.50. The fourth-order valence-electron chi connectivity index (χ4n) is 3.41. The molecule has 3 aliphatic heterocycles. The fraction of sp³-hybridized carbons (Fsp3) is 0.467. The van der Waals surface area contributed by atoms with Gasteiger partial charge in [-0.05, 0) is 19.1 Å². The van der Waals surface area contributed by atoms with Crippen molar-refractivity contribution in [2.45, 2.75) is 24.0 Å². The fourth-order valence-corrected chi connectivity index (χ4v) is 4.92. The van der Waals surface area contributed by atoms with E-state index in [1.54, 1.807) is 16.4 Å². The average molecular weight is 307 g/mol. The van der Waals surface area contributed by atoms with Crippen LogP contribution in [0.5, 0.6) is 0 Å². The molecule has 1 aromatic rings. The number of rotatable bonds is 2. The van der Waals surface area contributed by atoms with E-state index in [1.807, 2.05) is 31.2 Å². The monoisotopic (exact) mass is 307 g/mol. The molecule has 0 N–H and O–H groups in total. The Bertz CT molecular complexity index is 660. The lowest BCUT2D eigenvalue weighted by molar-refractivity contribution is -0.383. The summed E-state index contributed by atoms with van der Waals surface area (Å²) in [7, 11) is -3.44. The van der Waals surface area contributed by atoms with Gasteiger partial charge in [-0.15, -0.1) is 0 Å². The summed E-state index contributed by atoms with van der Waals surface area (Å²) in [5.74, 6) is 0.378. The smallest absolute Gasteiger partial charge is 0.228 e. The van der Waals surface area contributed by atoms with Crippen LogP contribution < -0.4 is 0 Å². The van der Waals surface area contributed by atoms with Crippen molar-refractivity contribution < 1.29 is 18.2 Å². The van der Waals surface area contributed by atoms with Crippen molar-refractivity contribution in [2.24, 2.45) is 11.8 Å². The minimum absolute atomic E-state index is 0.127. The molecule has 21 heavy (non-hydrogen) atoms. The molecule has 112 valence electrons. The maximum Gasteiger partial charge on any atom is 0.243 e. The van der Waals surface area contributed by atoms with Gasteiger partial charge in [-0.3, -0.25) is 0 Å². The molecular weight excluding hydrogens is 290 g/mol. The van der Waals surface area contributed by atoms with Crippen molar-refractivity contribution >= 4 is 10.0 Å². The molecule has 2 saturated heterocycles. The first-order valence-corrected chi connectivity index (χ1v) is 8.57. The summed E-state index contributed by atoms with van der Waals surface area (Å²) in [6.07, 6.45) is 3.71. The molecule has 1 aliphatic carbocycles. The van der Waals surface area contributed by atoms with E-state index in [0.29, 0.717) is 18.0 Å². The van der Waals surface area contributed by atoms with Crippen LogP contribution in [0.2, 0.25) is 0 Å². The van der Waals surface area contributed by atoms with Gasteiger partial charge in [0.1, 0.15) is 12.2 Å². The molecule has 5 nitrogen and oxygen atoms in total.